The molecule has 0 aromatic carbocycles. The van der Waals surface area contributed by atoms with Gasteiger partial charge in [-0.2, -0.15) is 0 Å². The van der Waals surface area contributed by atoms with E-state index in [0.717, 1.165) is 0 Å². The molecule has 0 aromatic heterocycles. The van der Waals surface area contributed by atoms with Gasteiger partial charge in [-0.25, -0.2) is 0 Å². The molecule has 88 valence electrons. The summed E-state index contributed by atoms with van der Waals surface area (Å²) in [5.41, 5.74) is -1.50. The number of rotatable bonds is 3. The minimum atomic E-state index is -0.793. The molecule has 0 unspecified atom stereocenters. The fourth-order valence-electron chi connectivity index (χ4n) is 1.59. The van der Waals surface area contributed by atoms with Gasteiger partial charge in [-0.3, -0.25) is 4.79 Å². The molecule has 0 aromatic rings. The lowest BCUT2D eigenvalue weighted by molar-refractivity contribution is -0.180. The summed E-state index contributed by atoms with van der Waals surface area (Å²) < 4.78 is 5.11. The summed E-state index contributed by atoms with van der Waals surface area (Å²) in [4.78, 5) is 13.5. The van der Waals surface area contributed by atoms with Crippen molar-refractivity contribution >= 4 is 5.91 Å². The van der Waals surface area contributed by atoms with Gasteiger partial charge in [-0.15, -0.1) is 0 Å². The number of nitrogens with zero attached hydrogens (tertiary/aromatic N) is 1. The van der Waals surface area contributed by atoms with E-state index in [1.807, 2.05) is 13.8 Å². The molecule has 0 spiro atoms. The largest absolute Gasteiger partial charge is 0.386 e. The molecule has 1 aliphatic rings. The van der Waals surface area contributed by atoms with E-state index in [2.05, 4.69) is 0 Å². The van der Waals surface area contributed by atoms with Gasteiger partial charge >= 0.3 is 0 Å². The Hall–Kier alpha value is -0.610. The molecule has 1 fully saturated rings. The SMILES string of the molecule is COC(C)(C)C(=O)N1CC(O)(C(C)C)C1. The zero-order chi connectivity index (χ0) is 11.9. The first-order valence-electron chi connectivity index (χ1n) is 5.30. The van der Waals surface area contributed by atoms with Gasteiger partial charge in [0.15, 0.2) is 0 Å². The molecule has 0 aliphatic carbocycles. The minimum Gasteiger partial charge on any atom is -0.386 e. The van der Waals surface area contributed by atoms with Crippen LogP contribution >= 0.6 is 0 Å². The third-order valence-corrected chi connectivity index (χ3v) is 3.32. The molecule has 0 radical (unpaired) electrons. The van der Waals surface area contributed by atoms with Crippen molar-refractivity contribution in [2.75, 3.05) is 20.2 Å². The number of amides is 1. The number of hydrogen-bond donors (Lipinski definition) is 1. The Morgan fingerprint density at radius 2 is 1.93 bits per heavy atom. The van der Waals surface area contributed by atoms with E-state index in [9.17, 15) is 9.90 Å². The normalized spacial score (nSPS) is 20.3. The van der Waals surface area contributed by atoms with Crippen LogP contribution in [-0.4, -0.2) is 47.3 Å². The topological polar surface area (TPSA) is 49.8 Å². The van der Waals surface area contributed by atoms with Gasteiger partial charge in [0, 0.05) is 7.11 Å². The molecule has 1 heterocycles. The lowest BCUT2D eigenvalue weighted by Gasteiger charge is -2.50. The second-order valence-corrected chi connectivity index (χ2v) is 5.13. The second-order valence-electron chi connectivity index (χ2n) is 5.13. The molecule has 1 rings (SSSR count). The van der Waals surface area contributed by atoms with Gasteiger partial charge in [-0.1, -0.05) is 13.8 Å². The highest BCUT2D eigenvalue weighted by Gasteiger charge is 2.48. The van der Waals surface area contributed by atoms with E-state index in [0.29, 0.717) is 13.1 Å². The Morgan fingerprint density at radius 1 is 1.47 bits per heavy atom. The Morgan fingerprint density at radius 3 is 2.27 bits per heavy atom. The van der Waals surface area contributed by atoms with Crippen molar-refractivity contribution in [2.45, 2.75) is 38.9 Å². The first-order valence-corrected chi connectivity index (χ1v) is 5.30. The number of carbonyl (C=O) groups excluding carboxylic acids is 1. The number of carbonyl (C=O) groups is 1. The molecule has 1 N–H and O–H groups in total. The number of methoxy groups -OCH3 is 1. The smallest absolute Gasteiger partial charge is 0.254 e. The van der Waals surface area contributed by atoms with Crippen LogP contribution in [-0.2, 0) is 9.53 Å². The van der Waals surface area contributed by atoms with E-state index < -0.39 is 11.2 Å². The van der Waals surface area contributed by atoms with Crippen molar-refractivity contribution in [3.63, 3.8) is 0 Å². The van der Waals surface area contributed by atoms with Crippen LogP contribution in [0.4, 0.5) is 0 Å². The van der Waals surface area contributed by atoms with Crippen molar-refractivity contribution < 1.29 is 14.6 Å². The van der Waals surface area contributed by atoms with Crippen molar-refractivity contribution in [1.29, 1.82) is 0 Å². The molecule has 0 bridgehead atoms. The van der Waals surface area contributed by atoms with Crippen LogP contribution in [0.2, 0.25) is 0 Å². The van der Waals surface area contributed by atoms with Crippen molar-refractivity contribution in [3.05, 3.63) is 0 Å². The maximum Gasteiger partial charge on any atom is 0.254 e. The quantitative estimate of drug-likeness (QED) is 0.751. The van der Waals surface area contributed by atoms with Crippen LogP contribution in [0.3, 0.4) is 0 Å². The minimum absolute atomic E-state index is 0.0599. The predicted octanol–water partition coefficient (Wildman–Crippen LogP) is 0.641. The van der Waals surface area contributed by atoms with Gasteiger partial charge in [-0.05, 0) is 19.8 Å². The van der Waals surface area contributed by atoms with Crippen molar-refractivity contribution in [2.24, 2.45) is 5.92 Å². The number of aliphatic hydroxyl groups is 1. The van der Waals surface area contributed by atoms with E-state index in [1.54, 1.807) is 18.7 Å². The molecule has 1 saturated heterocycles. The monoisotopic (exact) mass is 215 g/mol. The highest BCUT2D eigenvalue weighted by molar-refractivity contribution is 5.85. The maximum atomic E-state index is 11.9. The van der Waals surface area contributed by atoms with Crippen LogP contribution in [0.25, 0.3) is 0 Å². The number of ether oxygens (including phenoxy) is 1. The number of hydrogen-bond acceptors (Lipinski definition) is 3. The van der Waals surface area contributed by atoms with Gasteiger partial charge < -0.3 is 14.7 Å². The molecule has 4 heteroatoms. The lowest BCUT2D eigenvalue weighted by atomic mass is 9.82. The van der Waals surface area contributed by atoms with Gasteiger partial charge in [0.05, 0.1) is 13.1 Å². The maximum absolute atomic E-state index is 11.9. The highest BCUT2D eigenvalue weighted by atomic mass is 16.5. The van der Waals surface area contributed by atoms with E-state index in [-0.39, 0.29) is 11.8 Å². The number of β-amino-alcohol motifs (C(OH)–C–C–N with tert-alkyl or cyclic N) is 1. The van der Waals surface area contributed by atoms with Crippen LogP contribution in [0.1, 0.15) is 27.7 Å². The summed E-state index contributed by atoms with van der Waals surface area (Å²) in [5.74, 6) is 0.113. The molecule has 4 nitrogen and oxygen atoms in total. The van der Waals surface area contributed by atoms with Crippen LogP contribution in [0.15, 0.2) is 0 Å². The lowest BCUT2D eigenvalue weighted by Crippen LogP contribution is -2.68. The third-order valence-electron chi connectivity index (χ3n) is 3.32. The average Bonchev–Trinajstić information content (AvgIpc) is 2.11. The van der Waals surface area contributed by atoms with Gasteiger partial charge in [0.2, 0.25) is 0 Å². The Kier molecular flexibility index (Phi) is 3.12. The van der Waals surface area contributed by atoms with Gasteiger partial charge in [0.1, 0.15) is 11.2 Å². The average molecular weight is 215 g/mol. The van der Waals surface area contributed by atoms with E-state index in [4.69, 9.17) is 4.74 Å². The standard InChI is InChI=1S/C11H21NO3/c1-8(2)11(14)6-12(7-11)9(13)10(3,4)15-5/h8,14H,6-7H2,1-5H3. The van der Waals surface area contributed by atoms with Crippen molar-refractivity contribution in [1.82, 2.24) is 4.90 Å². The van der Waals surface area contributed by atoms with E-state index in [1.165, 1.54) is 7.11 Å². The fourth-order valence-corrected chi connectivity index (χ4v) is 1.59. The summed E-state index contributed by atoms with van der Waals surface area (Å²) in [6.45, 7) is 8.23. The highest BCUT2D eigenvalue weighted by Crippen LogP contribution is 2.30. The Labute approximate surface area is 91.2 Å². The second kappa shape index (κ2) is 3.76. The van der Waals surface area contributed by atoms with Crippen LogP contribution in [0.5, 0.6) is 0 Å². The summed E-state index contributed by atoms with van der Waals surface area (Å²) in [5, 5.41) is 10.0. The van der Waals surface area contributed by atoms with Crippen molar-refractivity contribution in [3.8, 4) is 0 Å². The summed E-state index contributed by atoms with van der Waals surface area (Å²) >= 11 is 0. The summed E-state index contributed by atoms with van der Waals surface area (Å²) in [6, 6.07) is 0. The predicted molar refractivity (Wildman–Crippen MR) is 57.5 cm³/mol. The summed E-state index contributed by atoms with van der Waals surface area (Å²) in [6.07, 6.45) is 0. The Balaban J connectivity index is 2.56. The molecule has 15 heavy (non-hydrogen) atoms. The first kappa shape index (κ1) is 12.5. The first-order chi connectivity index (χ1) is 6.73. The molecular formula is C11H21NO3. The number of likely N-dealkylation sites (tertiary alicyclic amines) is 1. The van der Waals surface area contributed by atoms with Crippen LogP contribution < -0.4 is 0 Å². The molecule has 0 saturated carbocycles. The molecular weight excluding hydrogens is 194 g/mol. The van der Waals surface area contributed by atoms with E-state index >= 15 is 0 Å². The zero-order valence-corrected chi connectivity index (χ0v) is 10.2. The third kappa shape index (κ3) is 2.16. The summed E-state index contributed by atoms with van der Waals surface area (Å²) in [7, 11) is 1.52. The zero-order valence-electron chi connectivity index (χ0n) is 10.2. The fraction of sp³-hybridized carbons (Fsp3) is 0.909. The Bertz CT molecular complexity index is 255. The molecule has 1 amide bonds. The molecule has 1 aliphatic heterocycles. The van der Waals surface area contributed by atoms with Gasteiger partial charge in [0.25, 0.3) is 5.91 Å². The molecule has 0 atom stereocenters. The van der Waals surface area contributed by atoms with Crippen LogP contribution in [0, 0.1) is 5.92 Å².